The maximum atomic E-state index is 12.8. The summed E-state index contributed by atoms with van der Waals surface area (Å²) in [6, 6.07) is 3.24. The van der Waals surface area contributed by atoms with Crippen molar-refractivity contribution in [2.24, 2.45) is 5.73 Å². The summed E-state index contributed by atoms with van der Waals surface area (Å²) in [6.45, 7) is 0. The lowest BCUT2D eigenvalue weighted by molar-refractivity contribution is 0.1000. The van der Waals surface area contributed by atoms with Crippen molar-refractivity contribution in [1.82, 2.24) is 0 Å². The van der Waals surface area contributed by atoms with E-state index >= 15 is 0 Å². The van der Waals surface area contributed by atoms with Gasteiger partial charge in [-0.25, -0.2) is 0 Å². The lowest BCUT2D eigenvalue weighted by Gasteiger charge is -2.05. The first-order chi connectivity index (χ1) is 6.86. The highest BCUT2D eigenvalue weighted by Gasteiger charge is 2.19. The number of nitrogens with two attached hydrogens (primary N) is 1. The molecule has 0 unspecified atom stereocenters. The molecule has 0 saturated carbocycles. The van der Waals surface area contributed by atoms with Crippen LogP contribution in [0.15, 0.2) is 23.1 Å². The minimum Gasteiger partial charge on any atom is -0.495 e. The first-order valence-corrected chi connectivity index (χ1v) is 5.17. The molecule has 7 heteroatoms. The highest BCUT2D eigenvalue weighted by atomic mass is 32.3. The van der Waals surface area contributed by atoms with Gasteiger partial charge in [-0.15, -0.1) is 3.89 Å². The number of hydrogen-bond acceptors (Lipinski definition) is 4. The molecule has 1 rings (SSSR count). The van der Waals surface area contributed by atoms with Crippen molar-refractivity contribution in [3.8, 4) is 5.75 Å². The lowest BCUT2D eigenvalue weighted by atomic mass is 10.2. The van der Waals surface area contributed by atoms with Crippen LogP contribution in [0.5, 0.6) is 5.75 Å². The SMILES string of the molecule is COc1ccc(C(N)=O)cc1S(=O)(=O)F. The minimum atomic E-state index is -4.93. The third kappa shape index (κ3) is 2.44. The molecular weight excluding hydrogens is 225 g/mol. The van der Waals surface area contributed by atoms with E-state index in [1.54, 1.807) is 0 Å². The number of benzene rings is 1. The molecule has 0 aliphatic carbocycles. The molecule has 0 aromatic heterocycles. The van der Waals surface area contributed by atoms with Crippen molar-refractivity contribution in [2.75, 3.05) is 7.11 Å². The Balaban J connectivity index is 3.46. The van der Waals surface area contributed by atoms with Crippen LogP contribution in [0, 0.1) is 0 Å². The fourth-order valence-corrected chi connectivity index (χ4v) is 1.68. The number of amides is 1. The van der Waals surface area contributed by atoms with E-state index in [1.807, 2.05) is 0 Å². The molecule has 0 saturated heterocycles. The van der Waals surface area contributed by atoms with E-state index in [4.69, 9.17) is 5.73 Å². The molecule has 1 aromatic rings. The summed E-state index contributed by atoms with van der Waals surface area (Å²) in [5, 5.41) is 0. The quantitative estimate of drug-likeness (QED) is 0.768. The number of carbonyl (C=O) groups is 1. The van der Waals surface area contributed by atoms with Gasteiger partial charge in [0.2, 0.25) is 5.91 Å². The molecule has 0 radical (unpaired) electrons. The maximum Gasteiger partial charge on any atom is 0.335 e. The molecule has 0 heterocycles. The van der Waals surface area contributed by atoms with Crippen molar-refractivity contribution in [3.63, 3.8) is 0 Å². The average molecular weight is 233 g/mol. The first-order valence-electron chi connectivity index (χ1n) is 3.78. The van der Waals surface area contributed by atoms with Crippen LogP contribution in [-0.4, -0.2) is 21.4 Å². The molecule has 0 aliphatic heterocycles. The zero-order chi connectivity index (χ0) is 11.6. The van der Waals surface area contributed by atoms with Crippen molar-refractivity contribution >= 4 is 16.1 Å². The molecule has 0 bridgehead atoms. The topological polar surface area (TPSA) is 86.5 Å². The molecule has 82 valence electrons. The number of hydrogen-bond donors (Lipinski definition) is 1. The van der Waals surface area contributed by atoms with Gasteiger partial charge in [-0.05, 0) is 18.2 Å². The van der Waals surface area contributed by atoms with Crippen LogP contribution in [0.2, 0.25) is 0 Å². The number of carbonyl (C=O) groups excluding carboxylic acids is 1. The lowest BCUT2D eigenvalue weighted by Crippen LogP contribution is -2.11. The van der Waals surface area contributed by atoms with E-state index < -0.39 is 21.0 Å². The molecule has 1 aromatic carbocycles. The van der Waals surface area contributed by atoms with Crippen molar-refractivity contribution in [2.45, 2.75) is 4.90 Å². The molecule has 1 amide bonds. The smallest absolute Gasteiger partial charge is 0.335 e. The van der Waals surface area contributed by atoms with Gasteiger partial charge >= 0.3 is 10.2 Å². The fraction of sp³-hybridized carbons (Fsp3) is 0.125. The molecule has 0 atom stereocenters. The van der Waals surface area contributed by atoms with Crippen LogP contribution >= 0.6 is 0 Å². The van der Waals surface area contributed by atoms with Crippen LogP contribution in [0.25, 0.3) is 0 Å². The van der Waals surface area contributed by atoms with E-state index in [9.17, 15) is 17.1 Å². The third-order valence-electron chi connectivity index (χ3n) is 1.71. The number of halogens is 1. The molecular formula is C8H8FNO4S. The predicted octanol–water partition coefficient (Wildman–Crippen LogP) is 0.452. The Morgan fingerprint density at radius 3 is 2.47 bits per heavy atom. The molecule has 2 N–H and O–H groups in total. The Hall–Kier alpha value is -1.63. The minimum absolute atomic E-state index is 0.105. The number of methoxy groups -OCH3 is 1. The number of ether oxygens (including phenoxy) is 1. The van der Waals surface area contributed by atoms with Crippen LogP contribution < -0.4 is 10.5 Å². The normalized spacial score (nSPS) is 11.1. The van der Waals surface area contributed by atoms with Crippen molar-refractivity contribution in [1.29, 1.82) is 0 Å². The standard InChI is InChI=1S/C8H8FNO4S/c1-14-6-3-2-5(8(10)11)4-7(6)15(9,12)13/h2-4H,1H3,(H2,10,11). The van der Waals surface area contributed by atoms with E-state index in [2.05, 4.69) is 4.74 Å². The molecule has 0 aliphatic rings. The van der Waals surface area contributed by atoms with Crippen LogP contribution in [0.3, 0.4) is 0 Å². The van der Waals surface area contributed by atoms with Crippen molar-refractivity contribution < 1.29 is 21.8 Å². The second-order valence-corrected chi connectivity index (χ2v) is 3.98. The van der Waals surface area contributed by atoms with E-state index in [-0.39, 0.29) is 11.3 Å². The zero-order valence-electron chi connectivity index (χ0n) is 7.73. The Kier molecular flexibility index (Phi) is 2.94. The molecule has 5 nitrogen and oxygen atoms in total. The molecule has 15 heavy (non-hydrogen) atoms. The summed E-state index contributed by atoms with van der Waals surface area (Å²) in [4.78, 5) is 10.0. The van der Waals surface area contributed by atoms with Gasteiger partial charge in [0.25, 0.3) is 0 Å². The number of rotatable bonds is 3. The summed E-state index contributed by atoms with van der Waals surface area (Å²) in [5.41, 5.74) is 4.82. The van der Waals surface area contributed by atoms with Gasteiger partial charge in [-0.2, -0.15) is 8.42 Å². The maximum absolute atomic E-state index is 12.8. The molecule has 0 spiro atoms. The fourth-order valence-electron chi connectivity index (χ4n) is 1.02. The van der Waals surface area contributed by atoms with Gasteiger partial charge in [0.1, 0.15) is 10.6 Å². The van der Waals surface area contributed by atoms with Gasteiger partial charge in [-0.1, -0.05) is 0 Å². The van der Waals surface area contributed by atoms with Gasteiger partial charge in [0.15, 0.2) is 0 Å². The van der Waals surface area contributed by atoms with Crippen molar-refractivity contribution in [3.05, 3.63) is 23.8 Å². The van der Waals surface area contributed by atoms with Gasteiger partial charge < -0.3 is 10.5 Å². The van der Waals surface area contributed by atoms with Gasteiger partial charge in [0.05, 0.1) is 7.11 Å². The van der Waals surface area contributed by atoms with Gasteiger partial charge in [-0.3, -0.25) is 4.79 Å². The largest absolute Gasteiger partial charge is 0.495 e. The second kappa shape index (κ2) is 3.85. The van der Waals surface area contributed by atoms with Gasteiger partial charge in [0, 0.05) is 5.56 Å². The van der Waals surface area contributed by atoms with E-state index in [1.165, 1.54) is 13.2 Å². The monoisotopic (exact) mass is 233 g/mol. The Morgan fingerprint density at radius 2 is 2.07 bits per heavy atom. The predicted molar refractivity (Wildman–Crippen MR) is 49.8 cm³/mol. The van der Waals surface area contributed by atoms with E-state index in [0.717, 1.165) is 12.1 Å². The Labute approximate surface area is 85.9 Å². The Bertz CT molecular complexity index is 497. The second-order valence-electron chi connectivity index (χ2n) is 2.67. The highest BCUT2D eigenvalue weighted by Crippen LogP contribution is 2.26. The molecule has 0 fully saturated rings. The van der Waals surface area contributed by atoms with Crippen LogP contribution in [-0.2, 0) is 10.2 Å². The van der Waals surface area contributed by atoms with E-state index in [0.29, 0.717) is 0 Å². The summed E-state index contributed by atoms with van der Waals surface area (Å²) in [7, 11) is -3.75. The third-order valence-corrected chi connectivity index (χ3v) is 2.56. The summed E-state index contributed by atoms with van der Waals surface area (Å²) < 4.78 is 38.8. The first kappa shape index (κ1) is 11.4. The summed E-state index contributed by atoms with van der Waals surface area (Å²) in [5.74, 6) is -1.02. The number of primary amides is 1. The summed E-state index contributed by atoms with van der Waals surface area (Å²) in [6.07, 6.45) is 0. The summed E-state index contributed by atoms with van der Waals surface area (Å²) >= 11 is 0. The zero-order valence-corrected chi connectivity index (χ0v) is 8.55. The highest BCUT2D eigenvalue weighted by molar-refractivity contribution is 7.86. The Morgan fingerprint density at radius 1 is 1.47 bits per heavy atom. The van der Waals surface area contributed by atoms with Crippen LogP contribution in [0.4, 0.5) is 3.89 Å². The van der Waals surface area contributed by atoms with Crippen LogP contribution in [0.1, 0.15) is 10.4 Å². The average Bonchev–Trinajstić information content (AvgIpc) is 2.15.